The second-order valence-corrected chi connectivity index (χ2v) is 14.2. The lowest BCUT2D eigenvalue weighted by atomic mass is 9.84. The van der Waals surface area contributed by atoms with E-state index in [4.69, 9.17) is 9.47 Å². The molecule has 36 heavy (non-hydrogen) atoms. The van der Waals surface area contributed by atoms with Crippen molar-refractivity contribution in [3.63, 3.8) is 0 Å². The summed E-state index contributed by atoms with van der Waals surface area (Å²) in [6.45, 7) is -0.108. The molecule has 0 spiro atoms. The minimum Gasteiger partial charge on any atom is -0.434 e. The molecular weight excluding hydrogens is 542 g/mol. The van der Waals surface area contributed by atoms with Crippen LogP contribution in [0.1, 0.15) is 57.8 Å². The zero-order valence-corrected chi connectivity index (χ0v) is 20.8. The summed E-state index contributed by atoms with van der Waals surface area (Å²) in [5.74, 6) is 0.257. The highest BCUT2D eigenvalue weighted by Crippen LogP contribution is 2.45. The van der Waals surface area contributed by atoms with Crippen molar-refractivity contribution in [2.75, 3.05) is 6.61 Å². The van der Waals surface area contributed by atoms with E-state index in [-0.39, 0.29) is 25.4 Å². The Bertz CT molecular complexity index is 986. The molecule has 7 nitrogen and oxygen atoms in total. The lowest BCUT2D eigenvalue weighted by molar-refractivity contribution is -0.0486. The van der Waals surface area contributed by atoms with E-state index in [2.05, 4.69) is 12.2 Å². The topological polar surface area (TPSA) is 104 Å². The average molecular weight is 571 g/mol. The average Bonchev–Trinajstić information content (AvgIpc) is 3.38. The largest absolute Gasteiger partial charge is 0.508 e. The van der Waals surface area contributed by atoms with Crippen molar-refractivity contribution in [1.82, 2.24) is 0 Å². The number of hydrogen-bond acceptors (Lipinski definition) is 7. The van der Waals surface area contributed by atoms with E-state index >= 15 is 0 Å². The van der Waals surface area contributed by atoms with E-state index in [1.165, 1.54) is 0 Å². The molecule has 3 aliphatic carbocycles. The number of halogens is 6. The van der Waals surface area contributed by atoms with Gasteiger partial charge in [-0.15, -0.1) is 0 Å². The van der Waals surface area contributed by atoms with Crippen LogP contribution in [0, 0.1) is 23.7 Å². The maximum Gasteiger partial charge on any atom is 0.508 e. The molecule has 0 aliphatic heterocycles. The second-order valence-electron chi connectivity index (χ2n) is 9.63. The summed E-state index contributed by atoms with van der Waals surface area (Å²) < 4.78 is 133. The number of fused-ring (bicyclic) bond motifs is 2. The molecule has 208 valence electrons. The van der Waals surface area contributed by atoms with Gasteiger partial charge in [-0.05, 0) is 55.8 Å². The number of carbonyl (C=O) groups is 1. The molecule has 0 radical (unpaired) electrons. The maximum absolute atomic E-state index is 13.2. The Morgan fingerprint density at radius 2 is 1.47 bits per heavy atom. The standard InChI is InChI=1S/C21H28F6O7S2/c22-20(23,24)35(29,30)18(36(31,32)21(25,26)27)12-17(14-4-2-1-3-5-14)34-19(28)33-9-8-16-11-13-6-7-15(16)10-13/h6-7,13-18H,1-5,8-12H2. The number of alkyl halides is 6. The van der Waals surface area contributed by atoms with Crippen molar-refractivity contribution in [2.24, 2.45) is 23.7 Å². The van der Waals surface area contributed by atoms with Crippen LogP contribution in [0.3, 0.4) is 0 Å². The van der Waals surface area contributed by atoms with Gasteiger partial charge in [-0.1, -0.05) is 31.4 Å². The highest BCUT2D eigenvalue weighted by atomic mass is 32.3. The first-order valence-corrected chi connectivity index (χ1v) is 14.8. The van der Waals surface area contributed by atoms with E-state index in [1.54, 1.807) is 0 Å². The van der Waals surface area contributed by atoms with E-state index < -0.39 is 59.9 Å². The van der Waals surface area contributed by atoms with Crippen molar-refractivity contribution in [1.29, 1.82) is 0 Å². The van der Waals surface area contributed by atoms with E-state index in [0.29, 0.717) is 37.5 Å². The normalized spacial score (nSPS) is 26.4. The van der Waals surface area contributed by atoms with Crippen LogP contribution in [0.25, 0.3) is 0 Å². The predicted molar refractivity (Wildman–Crippen MR) is 115 cm³/mol. The van der Waals surface area contributed by atoms with Crippen molar-refractivity contribution < 1.29 is 57.4 Å². The van der Waals surface area contributed by atoms with Crippen molar-refractivity contribution in [3.8, 4) is 0 Å². The minimum atomic E-state index is -6.83. The Morgan fingerprint density at radius 3 is 1.94 bits per heavy atom. The summed E-state index contributed by atoms with van der Waals surface area (Å²) >= 11 is 0. The molecule has 0 aromatic rings. The van der Waals surface area contributed by atoms with Crippen molar-refractivity contribution in [3.05, 3.63) is 12.2 Å². The fourth-order valence-electron chi connectivity index (χ4n) is 5.43. The van der Waals surface area contributed by atoms with Crippen LogP contribution in [-0.2, 0) is 29.1 Å². The van der Waals surface area contributed by atoms with Gasteiger partial charge < -0.3 is 9.47 Å². The summed E-state index contributed by atoms with van der Waals surface area (Å²) in [6.07, 6.45) is 3.78. The highest BCUT2D eigenvalue weighted by Gasteiger charge is 2.63. The van der Waals surface area contributed by atoms with Gasteiger partial charge in [0.15, 0.2) is 4.58 Å². The minimum absolute atomic E-state index is 0.108. The van der Waals surface area contributed by atoms with Crippen LogP contribution in [-0.4, -0.2) is 51.3 Å². The fourth-order valence-corrected chi connectivity index (χ4v) is 8.90. The quantitative estimate of drug-likeness (QED) is 0.211. The number of allylic oxidation sites excluding steroid dienone is 2. The first-order valence-electron chi connectivity index (χ1n) is 11.7. The van der Waals surface area contributed by atoms with Crippen LogP contribution in [0.4, 0.5) is 31.1 Å². The molecule has 15 heteroatoms. The van der Waals surface area contributed by atoms with Crippen molar-refractivity contribution >= 4 is 25.8 Å². The molecule has 2 saturated carbocycles. The van der Waals surface area contributed by atoms with E-state index in [1.807, 2.05) is 0 Å². The molecule has 2 bridgehead atoms. The number of sulfone groups is 2. The van der Waals surface area contributed by atoms with E-state index in [9.17, 15) is 48.0 Å². The first-order chi connectivity index (χ1) is 16.5. The van der Waals surface area contributed by atoms with Gasteiger partial charge in [0.25, 0.3) is 19.7 Å². The predicted octanol–water partition coefficient (Wildman–Crippen LogP) is 5.28. The van der Waals surface area contributed by atoms with Gasteiger partial charge in [-0.3, -0.25) is 0 Å². The lowest BCUT2D eigenvalue weighted by Crippen LogP contribution is -2.48. The van der Waals surface area contributed by atoms with Gasteiger partial charge in [0.1, 0.15) is 6.10 Å². The van der Waals surface area contributed by atoms with Crippen molar-refractivity contribution in [2.45, 2.75) is 79.5 Å². The third kappa shape index (κ3) is 6.30. The number of carbonyl (C=O) groups excluding carboxylic acids is 1. The van der Waals surface area contributed by atoms with Crippen LogP contribution in [0.2, 0.25) is 0 Å². The summed E-state index contributed by atoms with van der Waals surface area (Å²) in [5, 5.41) is 0. The Kier molecular flexibility index (Phi) is 8.63. The van der Waals surface area contributed by atoms with Gasteiger partial charge in [-0.25, -0.2) is 21.6 Å². The molecule has 3 rings (SSSR count). The first kappa shape index (κ1) is 29.1. The zero-order chi connectivity index (χ0) is 26.9. The van der Waals surface area contributed by atoms with Crippen LogP contribution < -0.4 is 0 Å². The van der Waals surface area contributed by atoms with Gasteiger partial charge >= 0.3 is 17.2 Å². The second kappa shape index (κ2) is 10.7. The SMILES string of the molecule is O=C(OCCC1CC2C=CC1C2)OC(CC(S(=O)(=O)C(F)(F)F)S(=O)(=O)C(F)(F)F)C1CCCCC1. The molecule has 2 fully saturated rings. The molecule has 0 amide bonds. The summed E-state index contributed by atoms with van der Waals surface area (Å²) in [4.78, 5) is 12.3. The molecule has 0 heterocycles. The Balaban J connectivity index is 1.76. The summed E-state index contributed by atoms with van der Waals surface area (Å²) in [6, 6.07) is 0. The van der Waals surface area contributed by atoms with E-state index in [0.717, 1.165) is 12.8 Å². The number of rotatable bonds is 9. The van der Waals surface area contributed by atoms with Gasteiger partial charge in [0.05, 0.1) is 6.61 Å². The number of ether oxygens (including phenoxy) is 2. The summed E-state index contributed by atoms with van der Waals surface area (Å²) in [7, 11) is -13.7. The fraction of sp³-hybridized carbons (Fsp3) is 0.857. The van der Waals surface area contributed by atoms with Gasteiger partial charge in [-0.2, -0.15) is 26.3 Å². The molecule has 0 aromatic heterocycles. The molecule has 0 saturated heterocycles. The lowest BCUT2D eigenvalue weighted by Gasteiger charge is -2.32. The molecule has 0 N–H and O–H groups in total. The van der Waals surface area contributed by atoms with Crippen LogP contribution in [0.5, 0.6) is 0 Å². The third-order valence-electron chi connectivity index (χ3n) is 7.31. The Hall–Kier alpha value is -1.51. The van der Waals surface area contributed by atoms with Gasteiger partial charge in [0.2, 0.25) is 0 Å². The Labute approximate surface area is 205 Å². The number of hydrogen-bond donors (Lipinski definition) is 0. The van der Waals surface area contributed by atoms with Gasteiger partial charge in [0, 0.05) is 6.42 Å². The summed E-state index contributed by atoms with van der Waals surface area (Å²) in [5.41, 5.74) is -12.6. The molecule has 3 aliphatic rings. The highest BCUT2D eigenvalue weighted by molar-refractivity contribution is 8.09. The molecule has 4 atom stereocenters. The maximum atomic E-state index is 13.2. The molecule has 4 unspecified atom stereocenters. The smallest absolute Gasteiger partial charge is 0.434 e. The van der Waals surface area contributed by atoms with Crippen LogP contribution in [0.15, 0.2) is 12.2 Å². The molecule has 0 aromatic carbocycles. The molecular formula is C21H28F6O7S2. The van der Waals surface area contributed by atoms with Crippen LogP contribution >= 0.6 is 0 Å². The monoisotopic (exact) mass is 570 g/mol. The Morgan fingerprint density at radius 1 is 0.889 bits per heavy atom. The third-order valence-corrected chi connectivity index (χ3v) is 11.9. The zero-order valence-electron chi connectivity index (χ0n) is 19.1.